The van der Waals surface area contributed by atoms with E-state index in [1.165, 1.54) is 6.26 Å². The van der Waals surface area contributed by atoms with Crippen LogP contribution < -0.4 is 5.32 Å². The monoisotopic (exact) mass is 299 g/mol. The second kappa shape index (κ2) is 6.05. The minimum Gasteiger partial charge on any atom is -0.462 e. The van der Waals surface area contributed by atoms with Gasteiger partial charge in [0.2, 0.25) is 0 Å². The molecule has 0 radical (unpaired) electrons. The molecule has 0 aliphatic heterocycles. The van der Waals surface area contributed by atoms with Crippen molar-refractivity contribution < 1.29 is 18.7 Å². The van der Waals surface area contributed by atoms with E-state index in [0.717, 1.165) is 18.4 Å². The van der Waals surface area contributed by atoms with Crippen molar-refractivity contribution in [1.82, 2.24) is 0 Å². The summed E-state index contributed by atoms with van der Waals surface area (Å²) >= 11 is 0. The number of rotatable bonds is 5. The summed E-state index contributed by atoms with van der Waals surface area (Å²) in [6.45, 7) is 2.33. The molecule has 1 aliphatic carbocycles. The molecule has 114 valence electrons. The maximum absolute atomic E-state index is 12.0. The molecule has 1 N–H and O–H groups in total. The Hall–Kier alpha value is -2.56. The van der Waals surface area contributed by atoms with Crippen molar-refractivity contribution in [1.29, 1.82) is 0 Å². The van der Waals surface area contributed by atoms with E-state index in [9.17, 15) is 9.59 Å². The van der Waals surface area contributed by atoms with Crippen molar-refractivity contribution in [2.24, 2.45) is 5.92 Å². The third-order valence-corrected chi connectivity index (χ3v) is 3.61. The first-order chi connectivity index (χ1) is 10.6. The van der Waals surface area contributed by atoms with Gasteiger partial charge in [-0.15, -0.1) is 0 Å². The van der Waals surface area contributed by atoms with Gasteiger partial charge in [-0.25, -0.2) is 4.79 Å². The lowest BCUT2D eigenvalue weighted by Gasteiger charge is -2.10. The Labute approximate surface area is 128 Å². The maximum Gasteiger partial charge on any atom is 0.338 e. The molecule has 1 aromatic heterocycles. The van der Waals surface area contributed by atoms with E-state index in [1.54, 1.807) is 30.3 Å². The fraction of sp³-hybridized carbons (Fsp3) is 0.294. The minimum absolute atomic E-state index is 0.223. The number of anilines is 1. The van der Waals surface area contributed by atoms with Crippen LogP contribution in [0.1, 0.15) is 39.3 Å². The quantitative estimate of drug-likeness (QED) is 0.859. The molecular weight excluding hydrogens is 282 g/mol. The Bertz CT molecular complexity index is 687. The number of aryl methyl sites for hydroxylation is 1. The van der Waals surface area contributed by atoms with Gasteiger partial charge in [-0.1, -0.05) is 6.07 Å². The van der Waals surface area contributed by atoms with Gasteiger partial charge in [-0.05, 0) is 55.5 Å². The SMILES string of the molecule is Cc1ccc(C(=O)OCC2CC2)cc1NC(=O)c1ccco1. The molecule has 5 nitrogen and oxygen atoms in total. The highest BCUT2D eigenvalue weighted by Gasteiger charge is 2.23. The summed E-state index contributed by atoms with van der Waals surface area (Å²) in [6.07, 6.45) is 3.70. The molecule has 3 rings (SSSR count). The third kappa shape index (κ3) is 3.36. The predicted octanol–water partition coefficient (Wildman–Crippen LogP) is 3.41. The van der Waals surface area contributed by atoms with Crippen LogP contribution in [-0.4, -0.2) is 18.5 Å². The van der Waals surface area contributed by atoms with E-state index in [1.807, 2.05) is 6.92 Å². The molecule has 1 heterocycles. The first-order valence-electron chi connectivity index (χ1n) is 7.26. The second-order valence-corrected chi connectivity index (χ2v) is 5.50. The number of benzene rings is 1. The Morgan fingerprint density at radius 1 is 1.32 bits per heavy atom. The molecular formula is C17H17NO4. The molecule has 0 unspecified atom stereocenters. The molecule has 22 heavy (non-hydrogen) atoms. The van der Waals surface area contributed by atoms with Gasteiger partial charge in [-0.3, -0.25) is 4.79 Å². The van der Waals surface area contributed by atoms with Gasteiger partial charge < -0.3 is 14.5 Å². The zero-order valence-electron chi connectivity index (χ0n) is 12.3. The van der Waals surface area contributed by atoms with Crippen LogP contribution >= 0.6 is 0 Å². The molecule has 2 aromatic rings. The average Bonchev–Trinajstić information content (AvgIpc) is 3.18. The molecule has 1 aliphatic rings. The maximum atomic E-state index is 12.0. The Kier molecular flexibility index (Phi) is 3.96. The van der Waals surface area contributed by atoms with E-state index < -0.39 is 0 Å². The number of carbonyl (C=O) groups excluding carboxylic acids is 2. The lowest BCUT2D eigenvalue weighted by Crippen LogP contribution is -2.13. The lowest BCUT2D eigenvalue weighted by molar-refractivity contribution is 0.0486. The molecule has 1 amide bonds. The van der Waals surface area contributed by atoms with Crippen LogP contribution in [0.2, 0.25) is 0 Å². The van der Waals surface area contributed by atoms with Gasteiger partial charge in [0.1, 0.15) is 0 Å². The summed E-state index contributed by atoms with van der Waals surface area (Å²) in [4.78, 5) is 24.0. The first kappa shape index (κ1) is 14.4. The van der Waals surface area contributed by atoms with E-state index in [2.05, 4.69) is 5.32 Å². The van der Waals surface area contributed by atoms with Crippen molar-refractivity contribution >= 4 is 17.6 Å². The fourth-order valence-corrected chi connectivity index (χ4v) is 2.04. The number of nitrogens with one attached hydrogen (secondary N) is 1. The van der Waals surface area contributed by atoms with Crippen molar-refractivity contribution in [3.63, 3.8) is 0 Å². The van der Waals surface area contributed by atoms with Crippen molar-refractivity contribution in [2.75, 3.05) is 11.9 Å². The third-order valence-electron chi connectivity index (χ3n) is 3.61. The number of hydrogen-bond donors (Lipinski definition) is 1. The van der Waals surface area contributed by atoms with Crippen LogP contribution in [0.4, 0.5) is 5.69 Å². The molecule has 0 saturated heterocycles. The molecule has 0 spiro atoms. The summed E-state index contributed by atoms with van der Waals surface area (Å²) < 4.78 is 10.3. The fourth-order valence-electron chi connectivity index (χ4n) is 2.04. The van der Waals surface area contributed by atoms with Crippen molar-refractivity contribution in [3.05, 3.63) is 53.5 Å². The number of esters is 1. The van der Waals surface area contributed by atoms with Crippen LogP contribution in [0.5, 0.6) is 0 Å². The minimum atomic E-state index is -0.361. The van der Waals surface area contributed by atoms with E-state index in [4.69, 9.17) is 9.15 Å². The number of ether oxygens (including phenoxy) is 1. The lowest BCUT2D eigenvalue weighted by atomic mass is 10.1. The van der Waals surface area contributed by atoms with Crippen LogP contribution in [0, 0.1) is 12.8 Å². The highest BCUT2D eigenvalue weighted by Crippen LogP contribution is 2.29. The summed E-state index contributed by atoms with van der Waals surface area (Å²) in [6, 6.07) is 8.34. The Morgan fingerprint density at radius 3 is 2.82 bits per heavy atom. The van der Waals surface area contributed by atoms with E-state index in [0.29, 0.717) is 23.8 Å². The standard InChI is InChI=1S/C17H17NO4/c1-11-4-7-13(17(20)22-10-12-5-6-12)9-14(11)18-16(19)15-3-2-8-21-15/h2-4,7-9,12H,5-6,10H2,1H3,(H,18,19). The molecule has 0 bridgehead atoms. The Morgan fingerprint density at radius 2 is 2.14 bits per heavy atom. The number of carbonyl (C=O) groups is 2. The van der Waals surface area contributed by atoms with Crippen LogP contribution in [-0.2, 0) is 4.74 Å². The van der Waals surface area contributed by atoms with Crippen LogP contribution in [0.25, 0.3) is 0 Å². The molecule has 1 saturated carbocycles. The highest BCUT2D eigenvalue weighted by atomic mass is 16.5. The summed E-state index contributed by atoms with van der Waals surface area (Å²) in [5.74, 6) is 0.0330. The zero-order valence-corrected chi connectivity index (χ0v) is 12.3. The Balaban J connectivity index is 1.71. The van der Waals surface area contributed by atoms with Crippen LogP contribution in [0.15, 0.2) is 41.0 Å². The molecule has 5 heteroatoms. The van der Waals surface area contributed by atoms with E-state index in [-0.39, 0.29) is 17.6 Å². The second-order valence-electron chi connectivity index (χ2n) is 5.50. The van der Waals surface area contributed by atoms with Gasteiger partial charge in [0.05, 0.1) is 18.4 Å². The van der Waals surface area contributed by atoms with Crippen molar-refractivity contribution in [2.45, 2.75) is 19.8 Å². The van der Waals surface area contributed by atoms with Crippen molar-refractivity contribution in [3.8, 4) is 0 Å². The largest absolute Gasteiger partial charge is 0.462 e. The zero-order chi connectivity index (χ0) is 15.5. The molecule has 1 aromatic carbocycles. The topological polar surface area (TPSA) is 68.5 Å². The van der Waals surface area contributed by atoms with Crippen LogP contribution in [0.3, 0.4) is 0 Å². The van der Waals surface area contributed by atoms with Gasteiger partial charge in [0, 0.05) is 5.69 Å². The van der Waals surface area contributed by atoms with Gasteiger partial charge >= 0.3 is 5.97 Å². The summed E-state index contributed by atoms with van der Waals surface area (Å²) in [5.41, 5.74) is 1.86. The smallest absolute Gasteiger partial charge is 0.338 e. The number of furan rings is 1. The van der Waals surface area contributed by atoms with Gasteiger partial charge in [0.15, 0.2) is 5.76 Å². The predicted molar refractivity (Wildman–Crippen MR) is 80.8 cm³/mol. The molecule has 1 fully saturated rings. The average molecular weight is 299 g/mol. The number of hydrogen-bond acceptors (Lipinski definition) is 4. The summed E-state index contributed by atoms with van der Waals surface area (Å²) in [7, 11) is 0. The highest BCUT2D eigenvalue weighted by molar-refractivity contribution is 6.03. The molecule has 0 atom stereocenters. The van der Waals surface area contributed by atoms with Gasteiger partial charge in [-0.2, -0.15) is 0 Å². The summed E-state index contributed by atoms with van der Waals surface area (Å²) in [5, 5.41) is 2.74. The van der Waals surface area contributed by atoms with E-state index >= 15 is 0 Å². The first-order valence-corrected chi connectivity index (χ1v) is 7.26. The normalized spacial score (nSPS) is 13.7. The van der Waals surface area contributed by atoms with Gasteiger partial charge in [0.25, 0.3) is 5.91 Å². The number of amides is 1.